The molecule has 1 heterocycles. The molecule has 0 aromatic heterocycles. The lowest BCUT2D eigenvalue weighted by atomic mass is 9.91. The summed E-state index contributed by atoms with van der Waals surface area (Å²) in [6.45, 7) is 2.25. The molecule has 0 aliphatic carbocycles. The third-order valence-corrected chi connectivity index (χ3v) is 4.19. The highest BCUT2D eigenvalue weighted by atomic mass is 16.5. The van der Waals surface area contributed by atoms with E-state index in [2.05, 4.69) is 5.32 Å². The van der Waals surface area contributed by atoms with Crippen molar-refractivity contribution in [3.8, 4) is 5.75 Å². The number of carbonyl (C=O) groups is 1. The summed E-state index contributed by atoms with van der Waals surface area (Å²) in [7, 11) is 0. The van der Waals surface area contributed by atoms with Gasteiger partial charge in [0, 0.05) is 12.0 Å². The highest BCUT2D eigenvalue weighted by Crippen LogP contribution is 2.32. The molecule has 2 aromatic rings. The van der Waals surface area contributed by atoms with Crippen molar-refractivity contribution in [3.05, 3.63) is 65.7 Å². The van der Waals surface area contributed by atoms with Crippen molar-refractivity contribution in [1.29, 1.82) is 0 Å². The van der Waals surface area contributed by atoms with Gasteiger partial charge in [-0.2, -0.15) is 0 Å². The van der Waals surface area contributed by atoms with Gasteiger partial charge in [0.1, 0.15) is 5.75 Å². The maximum atomic E-state index is 12.4. The van der Waals surface area contributed by atoms with Crippen LogP contribution in [0.15, 0.2) is 54.6 Å². The lowest BCUT2D eigenvalue weighted by Crippen LogP contribution is -2.36. The molecule has 0 saturated heterocycles. The predicted molar refractivity (Wildman–Crippen MR) is 88.1 cm³/mol. The van der Waals surface area contributed by atoms with Crippen LogP contribution in [0.5, 0.6) is 5.75 Å². The van der Waals surface area contributed by atoms with E-state index in [1.807, 2.05) is 54.6 Å². The number of carbonyl (C=O) groups excluding carboxylic acids is 1. The van der Waals surface area contributed by atoms with Crippen molar-refractivity contribution in [1.82, 2.24) is 5.32 Å². The van der Waals surface area contributed by atoms with Gasteiger partial charge in [0.25, 0.3) is 0 Å². The fourth-order valence-electron chi connectivity index (χ4n) is 2.95. The Bertz CT molecular complexity index is 682. The molecule has 0 bridgehead atoms. The molecule has 2 unspecified atom stereocenters. The van der Waals surface area contributed by atoms with E-state index in [0.29, 0.717) is 6.61 Å². The van der Waals surface area contributed by atoms with Gasteiger partial charge in [-0.3, -0.25) is 4.79 Å². The summed E-state index contributed by atoms with van der Waals surface area (Å²) in [4.78, 5) is 12.4. The number of ether oxygens (including phenoxy) is 1. The summed E-state index contributed by atoms with van der Waals surface area (Å²) in [5.74, 6) is 0.652. The Kier molecular flexibility index (Phi) is 4.35. The Morgan fingerprint density at radius 1 is 1.22 bits per heavy atom. The third kappa shape index (κ3) is 3.54. The number of para-hydroxylation sites is 1. The Morgan fingerprint density at radius 2 is 1.91 bits per heavy atom. The molecule has 2 aromatic carbocycles. The minimum atomic E-state index is -1.18. The molecule has 2 atom stereocenters. The van der Waals surface area contributed by atoms with Crippen LogP contribution in [0.2, 0.25) is 0 Å². The van der Waals surface area contributed by atoms with E-state index >= 15 is 0 Å². The average Bonchev–Trinajstić information content (AvgIpc) is 2.55. The second kappa shape index (κ2) is 6.42. The highest BCUT2D eigenvalue weighted by molar-refractivity contribution is 5.78. The van der Waals surface area contributed by atoms with E-state index in [9.17, 15) is 9.90 Å². The number of amides is 1. The van der Waals surface area contributed by atoms with E-state index in [-0.39, 0.29) is 18.4 Å². The molecular weight excluding hydrogens is 290 g/mol. The largest absolute Gasteiger partial charge is 0.493 e. The molecule has 120 valence electrons. The predicted octanol–water partition coefficient (Wildman–Crippen LogP) is 2.92. The van der Waals surface area contributed by atoms with Crippen LogP contribution in [0.1, 0.15) is 36.9 Å². The van der Waals surface area contributed by atoms with Gasteiger partial charge in [-0.05, 0) is 18.6 Å². The minimum absolute atomic E-state index is 0.0243. The SMILES string of the molecule is CC(O)(CC(=O)NC1CCOc2ccccc21)c1ccccc1. The molecule has 4 heteroatoms. The summed E-state index contributed by atoms with van der Waals surface area (Å²) in [5.41, 5.74) is 0.546. The molecule has 1 aliphatic heterocycles. The van der Waals surface area contributed by atoms with Crippen molar-refractivity contribution in [3.63, 3.8) is 0 Å². The number of hydrogen-bond acceptors (Lipinski definition) is 3. The molecule has 4 nitrogen and oxygen atoms in total. The van der Waals surface area contributed by atoms with Crippen LogP contribution in [-0.2, 0) is 10.4 Å². The van der Waals surface area contributed by atoms with Crippen LogP contribution >= 0.6 is 0 Å². The Labute approximate surface area is 136 Å². The van der Waals surface area contributed by atoms with Gasteiger partial charge in [0.15, 0.2) is 0 Å². The number of aliphatic hydroxyl groups is 1. The zero-order valence-corrected chi connectivity index (χ0v) is 13.2. The van der Waals surface area contributed by atoms with Gasteiger partial charge in [-0.25, -0.2) is 0 Å². The van der Waals surface area contributed by atoms with Crippen LogP contribution < -0.4 is 10.1 Å². The lowest BCUT2D eigenvalue weighted by Gasteiger charge is -2.28. The molecule has 0 radical (unpaired) electrons. The molecular formula is C19H21NO3. The molecule has 0 spiro atoms. The quantitative estimate of drug-likeness (QED) is 0.913. The first-order valence-electron chi connectivity index (χ1n) is 7.85. The maximum absolute atomic E-state index is 12.4. The van der Waals surface area contributed by atoms with Crippen LogP contribution in [-0.4, -0.2) is 17.6 Å². The second-order valence-corrected chi connectivity index (χ2v) is 6.11. The molecule has 0 fully saturated rings. The summed E-state index contributed by atoms with van der Waals surface area (Å²) in [6, 6.07) is 16.9. The zero-order valence-electron chi connectivity index (χ0n) is 13.2. The molecule has 0 saturated carbocycles. The Morgan fingerprint density at radius 3 is 2.70 bits per heavy atom. The monoisotopic (exact) mass is 311 g/mol. The zero-order chi connectivity index (χ0) is 16.3. The standard InChI is InChI=1S/C19H21NO3/c1-19(22,14-7-3-2-4-8-14)13-18(21)20-16-11-12-23-17-10-6-5-9-15(16)17/h2-10,16,22H,11-13H2,1H3,(H,20,21). The van der Waals surface area contributed by atoms with E-state index in [1.54, 1.807) is 6.92 Å². The number of rotatable bonds is 4. The Hall–Kier alpha value is -2.33. The third-order valence-electron chi connectivity index (χ3n) is 4.19. The number of nitrogens with one attached hydrogen (secondary N) is 1. The van der Waals surface area contributed by atoms with Crippen molar-refractivity contribution in [2.24, 2.45) is 0 Å². The first-order chi connectivity index (χ1) is 11.1. The van der Waals surface area contributed by atoms with Crippen LogP contribution in [0.25, 0.3) is 0 Å². The smallest absolute Gasteiger partial charge is 0.223 e. The van der Waals surface area contributed by atoms with Crippen LogP contribution in [0.4, 0.5) is 0 Å². The van der Waals surface area contributed by atoms with E-state index in [4.69, 9.17) is 4.74 Å². The second-order valence-electron chi connectivity index (χ2n) is 6.11. The molecule has 1 aliphatic rings. The maximum Gasteiger partial charge on any atom is 0.223 e. The van der Waals surface area contributed by atoms with Crippen molar-refractivity contribution in [2.75, 3.05) is 6.61 Å². The normalized spacial score (nSPS) is 19.1. The summed E-state index contributed by atoms with van der Waals surface area (Å²) < 4.78 is 5.60. The fourth-order valence-corrected chi connectivity index (χ4v) is 2.95. The van der Waals surface area contributed by atoms with Crippen LogP contribution in [0.3, 0.4) is 0 Å². The average molecular weight is 311 g/mol. The Balaban J connectivity index is 1.69. The van der Waals surface area contributed by atoms with Gasteiger partial charge in [-0.15, -0.1) is 0 Å². The van der Waals surface area contributed by atoms with Crippen molar-refractivity contribution < 1.29 is 14.6 Å². The summed E-state index contributed by atoms with van der Waals surface area (Å²) >= 11 is 0. The molecule has 1 amide bonds. The topological polar surface area (TPSA) is 58.6 Å². The fraction of sp³-hybridized carbons (Fsp3) is 0.316. The molecule has 23 heavy (non-hydrogen) atoms. The van der Waals surface area contributed by atoms with E-state index < -0.39 is 5.60 Å². The van der Waals surface area contributed by atoms with Crippen LogP contribution in [0, 0.1) is 0 Å². The molecule has 2 N–H and O–H groups in total. The number of benzene rings is 2. The van der Waals surface area contributed by atoms with Gasteiger partial charge < -0.3 is 15.2 Å². The van der Waals surface area contributed by atoms with Crippen molar-refractivity contribution >= 4 is 5.91 Å². The van der Waals surface area contributed by atoms with Gasteiger partial charge in [0.2, 0.25) is 5.91 Å². The van der Waals surface area contributed by atoms with Gasteiger partial charge in [0.05, 0.1) is 24.7 Å². The van der Waals surface area contributed by atoms with E-state index in [1.165, 1.54) is 0 Å². The number of fused-ring (bicyclic) bond motifs is 1. The first-order valence-corrected chi connectivity index (χ1v) is 7.85. The minimum Gasteiger partial charge on any atom is -0.493 e. The lowest BCUT2D eigenvalue weighted by molar-refractivity contribution is -0.126. The van der Waals surface area contributed by atoms with Gasteiger partial charge >= 0.3 is 0 Å². The van der Waals surface area contributed by atoms with Crippen molar-refractivity contribution in [2.45, 2.75) is 31.4 Å². The number of hydrogen-bond donors (Lipinski definition) is 2. The highest BCUT2D eigenvalue weighted by Gasteiger charge is 2.29. The van der Waals surface area contributed by atoms with Gasteiger partial charge in [-0.1, -0.05) is 48.5 Å². The summed E-state index contributed by atoms with van der Waals surface area (Å²) in [5, 5.41) is 13.6. The summed E-state index contributed by atoms with van der Waals surface area (Å²) in [6.07, 6.45) is 0.757. The molecule has 3 rings (SSSR count). The first kappa shape index (κ1) is 15.6. The van der Waals surface area contributed by atoms with E-state index in [0.717, 1.165) is 23.3 Å².